The van der Waals surface area contributed by atoms with Crippen molar-refractivity contribution in [2.75, 3.05) is 19.6 Å². The second-order valence-electron chi connectivity index (χ2n) is 6.71. The molecule has 4 nitrogen and oxygen atoms in total. The summed E-state index contributed by atoms with van der Waals surface area (Å²) < 4.78 is 0. The first kappa shape index (κ1) is 14.6. The average Bonchev–Trinajstić information content (AvgIpc) is 3.38. The topological polar surface area (TPSA) is 49.4 Å². The second-order valence-corrected chi connectivity index (χ2v) is 6.71. The van der Waals surface area contributed by atoms with E-state index < -0.39 is 0 Å². The van der Waals surface area contributed by atoms with Gasteiger partial charge in [-0.3, -0.25) is 9.59 Å². The monoisotopic (exact) mass is 290 g/mol. The van der Waals surface area contributed by atoms with E-state index in [4.69, 9.17) is 0 Å². The first-order valence-corrected chi connectivity index (χ1v) is 8.47. The highest BCUT2D eigenvalue weighted by molar-refractivity contribution is 5.89. The fourth-order valence-corrected chi connectivity index (χ4v) is 3.35. The van der Waals surface area contributed by atoms with E-state index in [-0.39, 0.29) is 17.7 Å². The maximum absolute atomic E-state index is 12.5. The zero-order valence-corrected chi connectivity index (χ0v) is 12.9. The summed E-state index contributed by atoms with van der Waals surface area (Å²) in [6.07, 6.45) is 8.79. The molecule has 0 bridgehead atoms. The largest absolute Gasteiger partial charge is 0.356 e. The lowest BCUT2D eigenvalue weighted by Crippen LogP contribution is -2.45. The first-order valence-electron chi connectivity index (χ1n) is 8.47. The number of allylic oxidation sites excluding steroid dienone is 1. The van der Waals surface area contributed by atoms with Gasteiger partial charge >= 0.3 is 0 Å². The Balaban J connectivity index is 1.61. The minimum Gasteiger partial charge on any atom is -0.356 e. The summed E-state index contributed by atoms with van der Waals surface area (Å²) in [5.41, 5.74) is 1.40. The number of rotatable bonds is 5. The summed E-state index contributed by atoms with van der Waals surface area (Å²) in [5.74, 6) is 1.58. The molecule has 2 amide bonds. The Hall–Kier alpha value is -1.32. The Morgan fingerprint density at radius 1 is 1.10 bits per heavy atom. The fourth-order valence-electron chi connectivity index (χ4n) is 3.35. The van der Waals surface area contributed by atoms with E-state index in [9.17, 15) is 9.59 Å². The van der Waals surface area contributed by atoms with Crippen LogP contribution in [-0.2, 0) is 9.59 Å². The van der Waals surface area contributed by atoms with Crippen LogP contribution in [0.25, 0.3) is 0 Å². The third-order valence-electron chi connectivity index (χ3n) is 4.84. The van der Waals surface area contributed by atoms with Gasteiger partial charge in [0.2, 0.25) is 11.8 Å². The predicted octanol–water partition coefficient (Wildman–Crippen LogP) is 2.11. The summed E-state index contributed by atoms with van der Waals surface area (Å²) >= 11 is 0. The van der Waals surface area contributed by atoms with E-state index in [0.29, 0.717) is 24.9 Å². The van der Waals surface area contributed by atoms with E-state index in [0.717, 1.165) is 19.4 Å². The third-order valence-corrected chi connectivity index (χ3v) is 4.84. The van der Waals surface area contributed by atoms with Crippen LogP contribution in [0, 0.1) is 17.8 Å². The molecule has 2 aliphatic carbocycles. The van der Waals surface area contributed by atoms with Crippen LogP contribution in [0.15, 0.2) is 11.6 Å². The zero-order valence-electron chi connectivity index (χ0n) is 12.9. The van der Waals surface area contributed by atoms with Crippen LogP contribution in [-0.4, -0.2) is 36.3 Å². The van der Waals surface area contributed by atoms with Crippen LogP contribution in [0.3, 0.4) is 0 Å². The van der Waals surface area contributed by atoms with Gasteiger partial charge in [-0.2, -0.15) is 0 Å². The molecular formula is C17H26N2O2. The Morgan fingerprint density at radius 2 is 1.76 bits per heavy atom. The lowest BCUT2D eigenvalue weighted by molar-refractivity contribution is -0.132. The number of likely N-dealkylation sites (tertiary alicyclic amines) is 1. The van der Waals surface area contributed by atoms with Crippen LogP contribution in [0.5, 0.6) is 0 Å². The van der Waals surface area contributed by atoms with Crippen molar-refractivity contribution in [3.05, 3.63) is 11.6 Å². The Kier molecular flexibility index (Phi) is 4.32. The number of hydrogen-bond acceptors (Lipinski definition) is 2. The number of hydrogen-bond donors (Lipinski definition) is 1. The van der Waals surface area contributed by atoms with Crippen LogP contribution in [0.4, 0.5) is 0 Å². The van der Waals surface area contributed by atoms with Crippen LogP contribution < -0.4 is 5.32 Å². The van der Waals surface area contributed by atoms with Crippen molar-refractivity contribution >= 4 is 11.8 Å². The minimum atomic E-state index is -0.0265. The smallest absolute Gasteiger partial charge is 0.246 e. The molecule has 0 spiro atoms. The number of carbonyl (C=O) groups is 2. The number of amides is 2. The summed E-state index contributed by atoms with van der Waals surface area (Å²) in [7, 11) is 0. The molecule has 0 radical (unpaired) electrons. The first-order chi connectivity index (χ1) is 10.2. The molecule has 2 saturated carbocycles. The Labute approximate surface area is 127 Å². The van der Waals surface area contributed by atoms with Crippen molar-refractivity contribution in [3.8, 4) is 0 Å². The molecule has 1 saturated heterocycles. The van der Waals surface area contributed by atoms with Crippen molar-refractivity contribution in [3.63, 3.8) is 0 Å². The van der Waals surface area contributed by atoms with E-state index in [1.807, 2.05) is 17.9 Å². The molecule has 1 atom stereocenters. The molecule has 0 aromatic carbocycles. The molecule has 21 heavy (non-hydrogen) atoms. The summed E-state index contributed by atoms with van der Waals surface area (Å²) in [4.78, 5) is 26.4. The van der Waals surface area contributed by atoms with E-state index in [1.54, 1.807) is 0 Å². The SMILES string of the molecule is CCNC(=O)[C@@H]1CCCN(C(=O)C=C(C2CC2)C2CC2)C1. The van der Waals surface area contributed by atoms with E-state index >= 15 is 0 Å². The Bertz CT molecular complexity index is 436. The van der Waals surface area contributed by atoms with Gasteiger partial charge in [0, 0.05) is 25.7 Å². The van der Waals surface area contributed by atoms with Crippen LogP contribution in [0.1, 0.15) is 45.4 Å². The Morgan fingerprint density at radius 3 is 2.33 bits per heavy atom. The molecule has 0 aromatic heterocycles. The number of piperidine rings is 1. The van der Waals surface area contributed by atoms with Crippen LogP contribution >= 0.6 is 0 Å². The van der Waals surface area contributed by atoms with Gasteiger partial charge in [-0.25, -0.2) is 0 Å². The molecule has 4 heteroatoms. The van der Waals surface area contributed by atoms with Gasteiger partial charge in [0.05, 0.1) is 5.92 Å². The quantitative estimate of drug-likeness (QED) is 0.788. The van der Waals surface area contributed by atoms with Crippen molar-refractivity contribution in [1.82, 2.24) is 10.2 Å². The lowest BCUT2D eigenvalue weighted by Gasteiger charge is -2.31. The number of carbonyl (C=O) groups excluding carboxylic acids is 2. The van der Waals surface area contributed by atoms with Gasteiger partial charge in [-0.15, -0.1) is 0 Å². The maximum Gasteiger partial charge on any atom is 0.246 e. The molecule has 3 rings (SSSR count). The molecule has 1 heterocycles. The van der Waals surface area contributed by atoms with E-state index in [1.165, 1.54) is 31.3 Å². The summed E-state index contributed by atoms with van der Waals surface area (Å²) in [6.45, 7) is 3.98. The van der Waals surface area contributed by atoms with Gasteiger partial charge in [-0.05, 0) is 57.3 Å². The van der Waals surface area contributed by atoms with Crippen LogP contribution in [0.2, 0.25) is 0 Å². The molecule has 3 fully saturated rings. The van der Waals surface area contributed by atoms with Gasteiger partial charge in [0.1, 0.15) is 0 Å². The van der Waals surface area contributed by atoms with Crippen molar-refractivity contribution < 1.29 is 9.59 Å². The molecule has 0 aromatic rings. The van der Waals surface area contributed by atoms with Gasteiger partial charge in [0.25, 0.3) is 0 Å². The van der Waals surface area contributed by atoms with Crippen molar-refractivity contribution in [2.24, 2.45) is 17.8 Å². The average molecular weight is 290 g/mol. The normalized spacial score (nSPS) is 25.4. The minimum absolute atomic E-state index is 0.0265. The predicted molar refractivity (Wildman–Crippen MR) is 81.5 cm³/mol. The van der Waals surface area contributed by atoms with Crippen molar-refractivity contribution in [2.45, 2.75) is 45.4 Å². The molecule has 1 N–H and O–H groups in total. The highest BCUT2D eigenvalue weighted by Gasteiger charge is 2.37. The molecule has 116 valence electrons. The maximum atomic E-state index is 12.5. The van der Waals surface area contributed by atoms with Gasteiger partial charge in [-0.1, -0.05) is 5.57 Å². The fraction of sp³-hybridized carbons (Fsp3) is 0.765. The molecule has 3 aliphatic rings. The van der Waals surface area contributed by atoms with Gasteiger partial charge in [0.15, 0.2) is 0 Å². The zero-order chi connectivity index (χ0) is 14.8. The van der Waals surface area contributed by atoms with E-state index in [2.05, 4.69) is 5.32 Å². The number of nitrogens with zero attached hydrogens (tertiary/aromatic N) is 1. The highest BCUT2D eigenvalue weighted by Crippen LogP contribution is 2.48. The summed E-state index contributed by atoms with van der Waals surface area (Å²) in [5, 5.41) is 2.88. The van der Waals surface area contributed by atoms with Crippen molar-refractivity contribution in [1.29, 1.82) is 0 Å². The molecule has 1 aliphatic heterocycles. The standard InChI is InChI=1S/C17H26N2O2/c1-2-18-17(21)14-4-3-9-19(11-14)16(20)10-15(12-5-6-12)13-7-8-13/h10,12-14H,2-9,11H2,1H3,(H,18,21)/t14-/m1/s1. The lowest BCUT2D eigenvalue weighted by atomic mass is 9.96. The third kappa shape index (κ3) is 3.66. The summed E-state index contributed by atoms with van der Waals surface area (Å²) in [6, 6.07) is 0. The second kappa shape index (κ2) is 6.20. The van der Waals surface area contributed by atoms with Gasteiger partial charge < -0.3 is 10.2 Å². The molecular weight excluding hydrogens is 264 g/mol. The number of nitrogens with one attached hydrogen (secondary N) is 1. The highest BCUT2D eigenvalue weighted by atomic mass is 16.2. The molecule has 0 unspecified atom stereocenters.